The lowest BCUT2D eigenvalue weighted by molar-refractivity contribution is 1.32. The Morgan fingerprint density at radius 2 is 0.435 bits per heavy atom. The Hall–Kier alpha value is -8.20. The van der Waals surface area contributed by atoms with Crippen LogP contribution in [0.15, 0.2) is 243 Å². The van der Waals surface area contributed by atoms with Crippen LogP contribution in [0.5, 0.6) is 0 Å². The van der Waals surface area contributed by atoms with E-state index in [1.54, 1.807) is 0 Å². The van der Waals surface area contributed by atoms with Gasteiger partial charge in [0.15, 0.2) is 0 Å². The molecule has 2 aromatic heterocycles. The minimum Gasteiger partial charge on any atom is -0.248 e. The van der Waals surface area contributed by atoms with Crippen molar-refractivity contribution in [1.82, 2.24) is 9.97 Å². The minimum atomic E-state index is 0.948. The normalized spacial score (nSPS) is 11.2. The summed E-state index contributed by atoms with van der Waals surface area (Å²) >= 11 is 0. The first-order valence-electron chi connectivity index (χ1n) is 21.1. The highest BCUT2D eigenvalue weighted by Crippen LogP contribution is 2.46. The molecule has 0 aliphatic carbocycles. The van der Waals surface area contributed by atoms with Gasteiger partial charge in [-0.3, -0.25) is 0 Å². The smallest absolute Gasteiger partial charge is 0.0715 e. The molecular formula is C60H40N2. The van der Waals surface area contributed by atoms with E-state index < -0.39 is 0 Å². The van der Waals surface area contributed by atoms with Crippen molar-refractivity contribution in [2.45, 2.75) is 0 Å². The van der Waals surface area contributed by atoms with Crippen LogP contribution in [-0.4, -0.2) is 9.97 Å². The zero-order valence-corrected chi connectivity index (χ0v) is 34.0. The first-order chi connectivity index (χ1) is 30.7. The maximum absolute atomic E-state index is 5.20. The third kappa shape index (κ3) is 7.04. The molecule has 0 aliphatic heterocycles. The van der Waals surface area contributed by atoms with Crippen LogP contribution in [0.1, 0.15) is 0 Å². The van der Waals surface area contributed by atoms with Gasteiger partial charge in [0.2, 0.25) is 0 Å². The number of pyridine rings is 2. The highest BCUT2D eigenvalue weighted by atomic mass is 14.7. The molecule has 0 fully saturated rings. The molecule has 11 aromatic rings. The molecule has 62 heavy (non-hydrogen) atoms. The Morgan fingerprint density at radius 1 is 0.177 bits per heavy atom. The molecule has 9 aromatic carbocycles. The van der Waals surface area contributed by atoms with Crippen molar-refractivity contribution in [3.05, 3.63) is 243 Å². The Labute approximate surface area is 362 Å². The summed E-state index contributed by atoms with van der Waals surface area (Å²) in [6.45, 7) is 0. The van der Waals surface area contributed by atoms with Crippen molar-refractivity contribution < 1.29 is 0 Å². The fourth-order valence-electron chi connectivity index (χ4n) is 8.84. The zero-order valence-electron chi connectivity index (χ0n) is 34.0. The number of hydrogen-bond acceptors (Lipinski definition) is 2. The van der Waals surface area contributed by atoms with Gasteiger partial charge in [-0.25, -0.2) is 9.97 Å². The molecule has 2 heterocycles. The Kier molecular flexibility index (Phi) is 9.57. The molecule has 290 valence electrons. The van der Waals surface area contributed by atoms with Gasteiger partial charge in [0.05, 0.1) is 22.8 Å². The van der Waals surface area contributed by atoms with E-state index in [1.807, 2.05) is 0 Å². The van der Waals surface area contributed by atoms with E-state index in [2.05, 4.69) is 243 Å². The van der Waals surface area contributed by atoms with E-state index in [1.165, 1.54) is 43.8 Å². The van der Waals surface area contributed by atoms with E-state index in [0.717, 1.165) is 67.3 Å². The zero-order chi connectivity index (χ0) is 41.2. The predicted molar refractivity (Wildman–Crippen MR) is 261 cm³/mol. The van der Waals surface area contributed by atoms with E-state index in [-0.39, 0.29) is 0 Å². The molecule has 2 heteroatoms. The fourth-order valence-corrected chi connectivity index (χ4v) is 8.84. The molecule has 0 atom stereocenters. The molecule has 0 unspecified atom stereocenters. The van der Waals surface area contributed by atoms with Crippen molar-refractivity contribution in [3.63, 3.8) is 0 Å². The van der Waals surface area contributed by atoms with Crippen molar-refractivity contribution in [1.29, 1.82) is 0 Å². The highest BCUT2D eigenvalue weighted by molar-refractivity contribution is 6.22. The average molecular weight is 789 g/mol. The summed E-state index contributed by atoms with van der Waals surface area (Å²) in [5.74, 6) is 0. The summed E-state index contributed by atoms with van der Waals surface area (Å²) in [6.07, 6.45) is 0. The van der Waals surface area contributed by atoms with Gasteiger partial charge < -0.3 is 0 Å². The van der Waals surface area contributed by atoms with E-state index >= 15 is 0 Å². The van der Waals surface area contributed by atoms with Crippen LogP contribution in [0, 0.1) is 0 Å². The van der Waals surface area contributed by atoms with Gasteiger partial charge in [-0.05, 0) is 102 Å². The number of fused-ring (bicyclic) bond motifs is 2. The quantitative estimate of drug-likeness (QED) is 0.143. The Bertz CT molecular complexity index is 3000. The van der Waals surface area contributed by atoms with Crippen LogP contribution in [0.2, 0.25) is 0 Å². The van der Waals surface area contributed by atoms with Crippen LogP contribution >= 0.6 is 0 Å². The Balaban J connectivity index is 1.18. The maximum Gasteiger partial charge on any atom is 0.0715 e. The van der Waals surface area contributed by atoms with Gasteiger partial charge in [-0.1, -0.05) is 206 Å². The first kappa shape index (κ1) is 36.8. The number of rotatable bonds is 8. The van der Waals surface area contributed by atoms with Crippen molar-refractivity contribution in [3.8, 4) is 89.5 Å². The lowest BCUT2D eigenvalue weighted by Crippen LogP contribution is -1.94. The molecule has 0 saturated carbocycles. The second-order valence-corrected chi connectivity index (χ2v) is 15.7. The summed E-state index contributed by atoms with van der Waals surface area (Å²) in [4.78, 5) is 10.4. The predicted octanol–water partition coefficient (Wildman–Crippen LogP) is 16.1. The molecule has 0 spiro atoms. The molecule has 0 radical (unpaired) electrons. The number of benzene rings is 9. The summed E-state index contributed by atoms with van der Waals surface area (Å²) in [5.41, 5.74) is 17.5. The molecular weight excluding hydrogens is 749 g/mol. The van der Waals surface area contributed by atoms with E-state index in [4.69, 9.17) is 9.97 Å². The van der Waals surface area contributed by atoms with Gasteiger partial charge in [0, 0.05) is 22.3 Å². The van der Waals surface area contributed by atoms with Crippen molar-refractivity contribution in [2.75, 3.05) is 0 Å². The van der Waals surface area contributed by atoms with Crippen LogP contribution in [0.4, 0.5) is 0 Å². The molecule has 0 aliphatic rings. The number of nitrogens with zero attached hydrogens (tertiary/aromatic N) is 2. The van der Waals surface area contributed by atoms with Crippen LogP contribution < -0.4 is 0 Å². The fraction of sp³-hybridized carbons (Fsp3) is 0. The maximum atomic E-state index is 5.20. The summed E-state index contributed by atoms with van der Waals surface area (Å²) in [6, 6.07) is 86.7. The number of hydrogen-bond donors (Lipinski definition) is 0. The monoisotopic (exact) mass is 788 g/mol. The largest absolute Gasteiger partial charge is 0.248 e. The molecule has 0 N–H and O–H groups in total. The second kappa shape index (κ2) is 16.1. The minimum absolute atomic E-state index is 0.948. The second-order valence-electron chi connectivity index (χ2n) is 15.7. The van der Waals surface area contributed by atoms with Gasteiger partial charge in [-0.2, -0.15) is 0 Å². The van der Waals surface area contributed by atoms with Crippen molar-refractivity contribution >= 4 is 21.5 Å². The lowest BCUT2D eigenvalue weighted by atomic mass is 9.83. The first-order valence-corrected chi connectivity index (χ1v) is 21.1. The third-order valence-electron chi connectivity index (χ3n) is 11.8. The standard InChI is InChI=1S/C60H40N2/c1-7-19-41(20-8-1)55-37-49(38-56(61-55)42-21-9-2-10-22-42)47-31-33-51-53(35-47)59(45-27-15-5-16-28-45)52-34-32-48(36-54(52)60(51)46-29-17-6-18-30-46)50-39-57(43-23-11-3-12-24-43)62-58(40-50)44-25-13-4-14-26-44/h1-40H. The van der Waals surface area contributed by atoms with Crippen molar-refractivity contribution in [2.24, 2.45) is 0 Å². The highest BCUT2D eigenvalue weighted by Gasteiger charge is 2.20. The van der Waals surface area contributed by atoms with Gasteiger partial charge in [-0.15, -0.1) is 0 Å². The summed E-state index contributed by atoms with van der Waals surface area (Å²) in [5, 5.41) is 4.81. The lowest BCUT2D eigenvalue weighted by Gasteiger charge is -2.20. The number of aromatic nitrogens is 2. The molecule has 0 bridgehead atoms. The molecule has 0 saturated heterocycles. The molecule has 0 amide bonds. The SMILES string of the molecule is c1ccc(-c2cc(-c3ccc4c(-c5ccccc5)c5cc(-c6cc(-c7ccccc7)nc(-c7ccccc7)c6)ccc5c(-c5ccccc5)c4c3)cc(-c3ccccc3)n2)cc1. The van der Waals surface area contributed by atoms with Crippen LogP contribution in [-0.2, 0) is 0 Å². The Morgan fingerprint density at radius 3 is 0.710 bits per heavy atom. The van der Waals surface area contributed by atoms with Crippen LogP contribution in [0.25, 0.3) is 111 Å². The van der Waals surface area contributed by atoms with Gasteiger partial charge in [0.25, 0.3) is 0 Å². The van der Waals surface area contributed by atoms with E-state index in [0.29, 0.717) is 0 Å². The average Bonchev–Trinajstić information content (AvgIpc) is 3.36. The third-order valence-corrected chi connectivity index (χ3v) is 11.8. The topological polar surface area (TPSA) is 25.8 Å². The molecule has 11 rings (SSSR count). The van der Waals surface area contributed by atoms with Gasteiger partial charge >= 0.3 is 0 Å². The van der Waals surface area contributed by atoms with E-state index in [9.17, 15) is 0 Å². The summed E-state index contributed by atoms with van der Waals surface area (Å²) < 4.78 is 0. The van der Waals surface area contributed by atoms with Gasteiger partial charge in [0.1, 0.15) is 0 Å². The van der Waals surface area contributed by atoms with Crippen LogP contribution in [0.3, 0.4) is 0 Å². The summed E-state index contributed by atoms with van der Waals surface area (Å²) in [7, 11) is 0. The molecule has 2 nitrogen and oxygen atoms in total.